The van der Waals surface area contributed by atoms with Gasteiger partial charge in [0.25, 0.3) is 0 Å². The number of hydrogen-bond acceptors (Lipinski definition) is 4. The summed E-state index contributed by atoms with van der Waals surface area (Å²) < 4.78 is 9.92. The maximum atomic E-state index is 11.1. The van der Waals surface area contributed by atoms with Crippen LogP contribution in [0, 0.1) is 11.8 Å². The van der Waals surface area contributed by atoms with E-state index in [0.717, 1.165) is 13.0 Å². The van der Waals surface area contributed by atoms with Crippen LogP contribution in [-0.4, -0.2) is 31.8 Å². The van der Waals surface area contributed by atoms with Crippen molar-refractivity contribution in [2.24, 2.45) is 17.6 Å². The number of hydrogen-bond donors (Lipinski definition) is 1. The highest BCUT2D eigenvalue weighted by molar-refractivity contribution is 5.71. The van der Waals surface area contributed by atoms with E-state index < -0.39 is 0 Å². The Morgan fingerprint density at radius 3 is 3.08 bits per heavy atom. The lowest BCUT2D eigenvalue weighted by Crippen LogP contribution is -2.61. The molecule has 74 valence electrons. The fraction of sp³-hybridized carbons (Fsp3) is 0.889. The van der Waals surface area contributed by atoms with Crippen molar-refractivity contribution >= 4 is 5.97 Å². The molecular formula is C9H15NO3. The Morgan fingerprint density at radius 2 is 2.46 bits per heavy atom. The van der Waals surface area contributed by atoms with Crippen LogP contribution < -0.4 is 5.73 Å². The highest BCUT2D eigenvalue weighted by atomic mass is 16.5. The number of nitrogens with two attached hydrogens (primary N) is 1. The van der Waals surface area contributed by atoms with Crippen LogP contribution in [0.2, 0.25) is 0 Å². The van der Waals surface area contributed by atoms with Crippen LogP contribution in [-0.2, 0) is 14.3 Å². The number of methoxy groups -OCH3 is 1. The van der Waals surface area contributed by atoms with Gasteiger partial charge in [0.2, 0.25) is 0 Å². The molecule has 1 aliphatic heterocycles. The third kappa shape index (κ3) is 1.34. The first kappa shape index (κ1) is 8.97. The molecule has 3 atom stereocenters. The van der Waals surface area contributed by atoms with Gasteiger partial charge in [-0.3, -0.25) is 4.79 Å². The Hall–Kier alpha value is -0.610. The van der Waals surface area contributed by atoms with E-state index in [0.29, 0.717) is 24.9 Å². The highest BCUT2D eigenvalue weighted by Gasteiger charge is 2.54. The van der Waals surface area contributed by atoms with Gasteiger partial charge in [-0.2, -0.15) is 0 Å². The molecule has 2 fully saturated rings. The lowest BCUT2D eigenvalue weighted by atomic mass is 9.60. The van der Waals surface area contributed by atoms with Crippen LogP contribution in [0.5, 0.6) is 0 Å². The predicted octanol–water partition coefficient (Wildman–Crippen LogP) is -0.0867. The SMILES string of the molecule is COC(=O)CC1(N)CC2COCC21. The molecule has 13 heavy (non-hydrogen) atoms. The standard InChI is InChI=1S/C9H15NO3/c1-12-8(11)3-9(10)2-6-4-13-5-7(6)9/h6-7H,2-5,10H2,1H3. The van der Waals surface area contributed by atoms with Gasteiger partial charge in [0.05, 0.1) is 20.1 Å². The summed E-state index contributed by atoms with van der Waals surface area (Å²) in [6.07, 6.45) is 1.22. The third-order valence-corrected chi connectivity index (χ3v) is 3.28. The zero-order chi connectivity index (χ0) is 9.47. The summed E-state index contributed by atoms with van der Waals surface area (Å²) in [5, 5.41) is 0. The van der Waals surface area contributed by atoms with Crippen LogP contribution in [0.25, 0.3) is 0 Å². The van der Waals surface area contributed by atoms with Crippen LogP contribution in [0.1, 0.15) is 12.8 Å². The first-order chi connectivity index (χ1) is 6.15. The van der Waals surface area contributed by atoms with Crippen LogP contribution in [0.3, 0.4) is 0 Å². The molecule has 2 rings (SSSR count). The molecule has 0 aromatic carbocycles. The molecule has 0 spiro atoms. The van der Waals surface area contributed by atoms with E-state index in [-0.39, 0.29) is 11.5 Å². The van der Waals surface area contributed by atoms with Crippen LogP contribution in [0.15, 0.2) is 0 Å². The monoisotopic (exact) mass is 185 g/mol. The highest BCUT2D eigenvalue weighted by Crippen LogP contribution is 2.47. The topological polar surface area (TPSA) is 61.5 Å². The molecule has 3 unspecified atom stereocenters. The van der Waals surface area contributed by atoms with Gasteiger partial charge in [0, 0.05) is 18.1 Å². The summed E-state index contributed by atoms with van der Waals surface area (Å²) in [4.78, 5) is 11.1. The summed E-state index contributed by atoms with van der Waals surface area (Å²) in [6.45, 7) is 1.52. The van der Waals surface area contributed by atoms with Crippen molar-refractivity contribution in [2.75, 3.05) is 20.3 Å². The Kier molecular flexibility index (Phi) is 2.04. The first-order valence-corrected chi connectivity index (χ1v) is 4.59. The Labute approximate surface area is 77.4 Å². The molecule has 0 aromatic heterocycles. The summed E-state index contributed by atoms with van der Waals surface area (Å²) >= 11 is 0. The number of esters is 1. The second kappa shape index (κ2) is 2.96. The summed E-state index contributed by atoms with van der Waals surface area (Å²) in [5.41, 5.74) is 5.73. The zero-order valence-corrected chi connectivity index (χ0v) is 7.79. The average molecular weight is 185 g/mol. The van der Waals surface area contributed by atoms with E-state index in [2.05, 4.69) is 4.74 Å². The average Bonchev–Trinajstić information content (AvgIpc) is 2.47. The molecular weight excluding hydrogens is 170 g/mol. The van der Waals surface area contributed by atoms with Crippen molar-refractivity contribution in [2.45, 2.75) is 18.4 Å². The fourth-order valence-electron chi connectivity index (χ4n) is 2.46. The molecule has 1 aliphatic carbocycles. The van der Waals surface area contributed by atoms with Gasteiger partial charge in [0.15, 0.2) is 0 Å². The van der Waals surface area contributed by atoms with E-state index in [1.54, 1.807) is 0 Å². The lowest BCUT2D eigenvalue weighted by molar-refractivity contribution is -0.144. The minimum Gasteiger partial charge on any atom is -0.469 e. The van der Waals surface area contributed by atoms with E-state index in [1.165, 1.54) is 7.11 Å². The smallest absolute Gasteiger partial charge is 0.307 e. The van der Waals surface area contributed by atoms with Gasteiger partial charge in [-0.25, -0.2) is 0 Å². The molecule has 1 saturated heterocycles. The van der Waals surface area contributed by atoms with E-state index in [9.17, 15) is 4.79 Å². The summed E-state index contributed by atoms with van der Waals surface area (Å²) in [7, 11) is 1.40. The maximum Gasteiger partial charge on any atom is 0.307 e. The number of rotatable bonds is 2. The molecule has 4 heteroatoms. The third-order valence-electron chi connectivity index (χ3n) is 3.28. The van der Waals surface area contributed by atoms with Gasteiger partial charge in [-0.1, -0.05) is 0 Å². The van der Waals surface area contributed by atoms with Crippen molar-refractivity contribution in [3.8, 4) is 0 Å². The van der Waals surface area contributed by atoms with Gasteiger partial charge < -0.3 is 15.2 Å². The molecule has 0 bridgehead atoms. The zero-order valence-electron chi connectivity index (χ0n) is 7.79. The molecule has 1 heterocycles. The maximum absolute atomic E-state index is 11.1. The van der Waals surface area contributed by atoms with Crippen molar-refractivity contribution in [1.82, 2.24) is 0 Å². The van der Waals surface area contributed by atoms with E-state index >= 15 is 0 Å². The molecule has 4 nitrogen and oxygen atoms in total. The largest absolute Gasteiger partial charge is 0.469 e. The molecule has 2 aliphatic rings. The second-order valence-corrected chi connectivity index (χ2v) is 4.09. The normalized spacial score (nSPS) is 42.3. The Morgan fingerprint density at radius 1 is 1.69 bits per heavy atom. The first-order valence-electron chi connectivity index (χ1n) is 4.59. The lowest BCUT2D eigenvalue weighted by Gasteiger charge is -2.48. The number of carbonyl (C=O) groups excluding carboxylic acids is 1. The minimum absolute atomic E-state index is 0.215. The summed E-state index contributed by atoms with van der Waals surface area (Å²) in [5.74, 6) is 0.731. The fourth-order valence-corrected chi connectivity index (χ4v) is 2.46. The van der Waals surface area contributed by atoms with Crippen molar-refractivity contribution < 1.29 is 14.3 Å². The predicted molar refractivity (Wildman–Crippen MR) is 46.0 cm³/mol. The van der Waals surface area contributed by atoms with E-state index in [4.69, 9.17) is 10.5 Å². The number of fused-ring (bicyclic) bond motifs is 1. The number of carbonyl (C=O) groups is 1. The van der Waals surface area contributed by atoms with Gasteiger partial charge in [0.1, 0.15) is 0 Å². The van der Waals surface area contributed by atoms with Crippen molar-refractivity contribution in [3.63, 3.8) is 0 Å². The van der Waals surface area contributed by atoms with Gasteiger partial charge in [-0.05, 0) is 12.3 Å². The Balaban J connectivity index is 1.95. The van der Waals surface area contributed by atoms with Gasteiger partial charge >= 0.3 is 5.97 Å². The van der Waals surface area contributed by atoms with Crippen LogP contribution >= 0.6 is 0 Å². The van der Waals surface area contributed by atoms with E-state index in [1.807, 2.05) is 0 Å². The molecule has 0 aromatic rings. The second-order valence-electron chi connectivity index (χ2n) is 4.09. The molecule has 0 amide bonds. The molecule has 0 radical (unpaired) electrons. The molecule has 1 saturated carbocycles. The van der Waals surface area contributed by atoms with Crippen molar-refractivity contribution in [1.29, 1.82) is 0 Å². The van der Waals surface area contributed by atoms with Crippen LogP contribution in [0.4, 0.5) is 0 Å². The molecule has 2 N–H and O–H groups in total. The Bertz CT molecular complexity index is 231. The van der Waals surface area contributed by atoms with Crippen molar-refractivity contribution in [3.05, 3.63) is 0 Å². The summed E-state index contributed by atoms with van der Waals surface area (Å²) in [6, 6.07) is 0. The quantitative estimate of drug-likeness (QED) is 0.611. The number of ether oxygens (including phenoxy) is 2. The minimum atomic E-state index is -0.353. The van der Waals surface area contributed by atoms with Gasteiger partial charge in [-0.15, -0.1) is 0 Å².